The fraction of sp³-hybridized carbons (Fsp3) is 0.211. The number of amides is 1. The SMILES string of the molecule is C/C=C1/C(=O)N(Cc2ccccc2)C1C(O)c1ccccc1. The number of allylic oxidation sites excluding steroid dienone is 1. The number of aliphatic hydroxyl groups excluding tert-OH is 1. The summed E-state index contributed by atoms with van der Waals surface area (Å²) in [5.41, 5.74) is 2.58. The molecular formula is C19H19NO2. The first-order chi connectivity index (χ1) is 10.7. The van der Waals surface area contributed by atoms with Crippen LogP contribution in [0.1, 0.15) is 24.2 Å². The van der Waals surface area contributed by atoms with Gasteiger partial charge in [-0.15, -0.1) is 0 Å². The number of nitrogens with zero attached hydrogens (tertiary/aromatic N) is 1. The van der Waals surface area contributed by atoms with Gasteiger partial charge in [-0.2, -0.15) is 0 Å². The summed E-state index contributed by atoms with van der Waals surface area (Å²) in [6, 6.07) is 19.1. The molecule has 1 aliphatic rings. The van der Waals surface area contributed by atoms with Crippen LogP contribution >= 0.6 is 0 Å². The molecular weight excluding hydrogens is 274 g/mol. The highest BCUT2D eigenvalue weighted by Crippen LogP contribution is 2.36. The van der Waals surface area contributed by atoms with Gasteiger partial charge in [0.2, 0.25) is 0 Å². The minimum atomic E-state index is -0.700. The lowest BCUT2D eigenvalue weighted by Crippen LogP contribution is -2.57. The first kappa shape index (κ1) is 14.5. The van der Waals surface area contributed by atoms with Gasteiger partial charge in [0.1, 0.15) is 6.10 Å². The number of benzene rings is 2. The topological polar surface area (TPSA) is 40.5 Å². The van der Waals surface area contributed by atoms with Crippen molar-refractivity contribution >= 4 is 5.91 Å². The molecule has 2 atom stereocenters. The van der Waals surface area contributed by atoms with Gasteiger partial charge in [0.05, 0.1) is 6.04 Å². The van der Waals surface area contributed by atoms with Crippen molar-refractivity contribution in [1.29, 1.82) is 0 Å². The highest BCUT2D eigenvalue weighted by atomic mass is 16.3. The Bertz CT molecular complexity index is 679. The molecule has 1 saturated heterocycles. The summed E-state index contributed by atoms with van der Waals surface area (Å²) in [7, 11) is 0. The van der Waals surface area contributed by atoms with Gasteiger partial charge in [0, 0.05) is 12.1 Å². The Kier molecular flexibility index (Phi) is 4.07. The van der Waals surface area contributed by atoms with Crippen LogP contribution in [0.3, 0.4) is 0 Å². The minimum Gasteiger partial charge on any atom is -0.386 e. The first-order valence-corrected chi connectivity index (χ1v) is 7.46. The molecule has 1 amide bonds. The van der Waals surface area contributed by atoms with Crippen LogP contribution in [0.25, 0.3) is 0 Å². The molecule has 22 heavy (non-hydrogen) atoms. The first-order valence-electron chi connectivity index (χ1n) is 7.46. The largest absolute Gasteiger partial charge is 0.386 e. The highest BCUT2D eigenvalue weighted by molar-refractivity contribution is 6.02. The molecule has 2 aromatic carbocycles. The Balaban J connectivity index is 1.85. The van der Waals surface area contributed by atoms with Gasteiger partial charge in [-0.05, 0) is 18.1 Å². The molecule has 0 saturated carbocycles. The summed E-state index contributed by atoms with van der Waals surface area (Å²) >= 11 is 0. The second-order valence-electron chi connectivity index (χ2n) is 5.46. The summed E-state index contributed by atoms with van der Waals surface area (Å²) in [5, 5.41) is 10.7. The summed E-state index contributed by atoms with van der Waals surface area (Å²) in [4.78, 5) is 14.0. The smallest absolute Gasteiger partial charge is 0.252 e. The lowest BCUT2D eigenvalue weighted by Gasteiger charge is -2.45. The van der Waals surface area contributed by atoms with E-state index in [1.54, 1.807) is 11.0 Å². The predicted molar refractivity (Wildman–Crippen MR) is 85.9 cm³/mol. The average Bonchev–Trinajstić information content (AvgIpc) is 2.58. The molecule has 1 N–H and O–H groups in total. The Morgan fingerprint density at radius 2 is 1.68 bits per heavy atom. The second kappa shape index (κ2) is 6.16. The quantitative estimate of drug-likeness (QED) is 0.695. The van der Waals surface area contributed by atoms with Gasteiger partial charge in [-0.3, -0.25) is 4.79 Å². The Hall–Kier alpha value is -2.39. The number of carbonyl (C=O) groups is 1. The third kappa shape index (κ3) is 2.55. The van der Waals surface area contributed by atoms with Crippen LogP contribution in [-0.2, 0) is 11.3 Å². The van der Waals surface area contributed by atoms with E-state index in [9.17, 15) is 9.90 Å². The van der Waals surface area contributed by atoms with Crippen molar-refractivity contribution in [3.63, 3.8) is 0 Å². The molecule has 0 aromatic heterocycles. The molecule has 0 radical (unpaired) electrons. The van der Waals surface area contributed by atoms with Crippen molar-refractivity contribution < 1.29 is 9.90 Å². The van der Waals surface area contributed by atoms with Gasteiger partial charge in [-0.1, -0.05) is 66.7 Å². The van der Waals surface area contributed by atoms with E-state index in [4.69, 9.17) is 0 Å². The van der Waals surface area contributed by atoms with Crippen LogP contribution in [-0.4, -0.2) is 22.0 Å². The standard InChI is InChI=1S/C19H19NO2/c1-2-16-17(18(21)15-11-7-4-8-12-15)20(19(16)22)13-14-9-5-3-6-10-14/h2-12,17-18,21H,13H2,1H3/b16-2+. The molecule has 2 aromatic rings. The van der Waals surface area contributed by atoms with Crippen molar-refractivity contribution in [2.24, 2.45) is 0 Å². The van der Waals surface area contributed by atoms with Crippen molar-refractivity contribution in [2.45, 2.75) is 25.6 Å². The number of rotatable bonds is 4. The number of aliphatic hydroxyl groups is 1. The fourth-order valence-electron chi connectivity index (χ4n) is 2.94. The zero-order valence-electron chi connectivity index (χ0n) is 12.5. The zero-order chi connectivity index (χ0) is 15.5. The fourth-order valence-corrected chi connectivity index (χ4v) is 2.94. The average molecular weight is 293 g/mol. The summed E-state index contributed by atoms with van der Waals surface area (Å²) in [6.45, 7) is 2.36. The highest BCUT2D eigenvalue weighted by Gasteiger charge is 2.45. The molecule has 112 valence electrons. The van der Waals surface area contributed by atoms with Crippen molar-refractivity contribution in [1.82, 2.24) is 4.90 Å². The number of likely N-dealkylation sites (tertiary alicyclic amines) is 1. The van der Waals surface area contributed by atoms with E-state index in [-0.39, 0.29) is 11.9 Å². The van der Waals surface area contributed by atoms with Crippen LogP contribution in [0, 0.1) is 0 Å². The lowest BCUT2D eigenvalue weighted by atomic mass is 9.85. The summed E-state index contributed by atoms with van der Waals surface area (Å²) in [6.07, 6.45) is 1.11. The maximum atomic E-state index is 12.3. The maximum absolute atomic E-state index is 12.3. The van der Waals surface area contributed by atoms with E-state index in [2.05, 4.69) is 0 Å². The van der Waals surface area contributed by atoms with Crippen molar-refractivity contribution in [3.8, 4) is 0 Å². The minimum absolute atomic E-state index is 0.00586. The van der Waals surface area contributed by atoms with Crippen LogP contribution in [0.4, 0.5) is 0 Å². The zero-order valence-corrected chi connectivity index (χ0v) is 12.5. The Labute approximate surface area is 130 Å². The van der Waals surface area contributed by atoms with Crippen LogP contribution in [0.15, 0.2) is 72.3 Å². The molecule has 2 unspecified atom stereocenters. The summed E-state index contributed by atoms with van der Waals surface area (Å²) in [5.74, 6) is 0.00586. The van der Waals surface area contributed by atoms with E-state index < -0.39 is 6.10 Å². The molecule has 0 aliphatic carbocycles. The molecule has 0 bridgehead atoms. The van der Waals surface area contributed by atoms with E-state index >= 15 is 0 Å². The third-order valence-corrected chi connectivity index (χ3v) is 4.11. The van der Waals surface area contributed by atoms with Gasteiger partial charge in [-0.25, -0.2) is 0 Å². The predicted octanol–water partition coefficient (Wildman–Crippen LogP) is 3.08. The normalized spacial score (nSPS) is 20.8. The summed E-state index contributed by atoms with van der Waals surface area (Å²) < 4.78 is 0. The number of hydrogen-bond donors (Lipinski definition) is 1. The van der Waals surface area contributed by atoms with Crippen molar-refractivity contribution in [3.05, 3.63) is 83.4 Å². The number of carbonyl (C=O) groups excluding carboxylic acids is 1. The van der Waals surface area contributed by atoms with Gasteiger partial charge >= 0.3 is 0 Å². The van der Waals surface area contributed by atoms with E-state index in [1.165, 1.54) is 0 Å². The number of β-lactam (4-membered cyclic amide) rings is 1. The van der Waals surface area contributed by atoms with Gasteiger partial charge < -0.3 is 10.0 Å². The van der Waals surface area contributed by atoms with E-state index in [0.717, 1.165) is 11.1 Å². The monoisotopic (exact) mass is 293 g/mol. The molecule has 3 rings (SSSR count). The third-order valence-electron chi connectivity index (χ3n) is 4.11. The molecule has 1 aliphatic heterocycles. The van der Waals surface area contributed by atoms with Crippen molar-refractivity contribution in [2.75, 3.05) is 0 Å². The lowest BCUT2D eigenvalue weighted by molar-refractivity contribution is -0.142. The van der Waals surface area contributed by atoms with Crippen LogP contribution < -0.4 is 0 Å². The van der Waals surface area contributed by atoms with Gasteiger partial charge in [0.15, 0.2) is 0 Å². The molecule has 3 nitrogen and oxygen atoms in total. The molecule has 0 spiro atoms. The second-order valence-corrected chi connectivity index (χ2v) is 5.46. The van der Waals surface area contributed by atoms with Crippen LogP contribution in [0.5, 0.6) is 0 Å². The van der Waals surface area contributed by atoms with Crippen LogP contribution in [0.2, 0.25) is 0 Å². The van der Waals surface area contributed by atoms with Gasteiger partial charge in [0.25, 0.3) is 5.91 Å². The number of hydrogen-bond acceptors (Lipinski definition) is 2. The van der Waals surface area contributed by atoms with E-state index in [0.29, 0.717) is 12.1 Å². The Morgan fingerprint density at radius 3 is 2.27 bits per heavy atom. The molecule has 1 fully saturated rings. The van der Waals surface area contributed by atoms with E-state index in [1.807, 2.05) is 67.6 Å². The molecule has 1 heterocycles. The maximum Gasteiger partial charge on any atom is 0.252 e. The Morgan fingerprint density at radius 1 is 1.09 bits per heavy atom. The molecule has 3 heteroatoms.